The quantitative estimate of drug-likeness (QED) is 0.405. The van der Waals surface area contributed by atoms with Gasteiger partial charge in [0, 0.05) is 5.92 Å². The molecule has 5 heteroatoms. The third kappa shape index (κ3) is 3.05. The number of carbonyl (C=O) groups is 1. The van der Waals surface area contributed by atoms with E-state index in [2.05, 4.69) is 3.17 Å². The maximum atomic E-state index is 10.7. The van der Waals surface area contributed by atoms with Gasteiger partial charge in [-0.1, -0.05) is 13.8 Å². The predicted molar refractivity (Wildman–Crippen MR) is 42.5 cm³/mol. The van der Waals surface area contributed by atoms with Crippen LogP contribution in [0.25, 0.3) is 0 Å². The fraction of sp³-hybridized carbons (Fsp3) is 0.750. The molecule has 0 aliphatic heterocycles. The second kappa shape index (κ2) is 4.11. The lowest BCUT2D eigenvalue weighted by molar-refractivity contribution is -0.141. The Balaban J connectivity index is 3.73. The standard InChI is InChI=1S/C4H7BINO2/c1-3(2)4(8)7(5)9-6/h3H,1-2H3. The summed E-state index contributed by atoms with van der Waals surface area (Å²) in [6.07, 6.45) is 0. The van der Waals surface area contributed by atoms with Crippen LogP contribution in [0.2, 0.25) is 0 Å². The molecule has 0 heterocycles. The molecule has 0 aromatic carbocycles. The van der Waals surface area contributed by atoms with Crippen molar-refractivity contribution in [1.82, 2.24) is 4.97 Å². The molecule has 3 nitrogen and oxygen atoms in total. The van der Waals surface area contributed by atoms with E-state index >= 15 is 0 Å². The number of nitrogens with zero attached hydrogens (tertiary/aromatic N) is 1. The normalized spacial score (nSPS) is 9.78. The molecule has 0 spiro atoms. The van der Waals surface area contributed by atoms with Crippen LogP contribution in [0.1, 0.15) is 13.8 Å². The van der Waals surface area contributed by atoms with Crippen LogP contribution in [-0.4, -0.2) is 18.9 Å². The largest absolute Gasteiger partial charge is 0.277 e. The van der Waals surface area contributed by atoms with E-state index in [0.717, 1.165) is 0 Å². The minimum Gasteiger partial charge on any atom is -0.274 e. The van der Waals surface area contributed by atoms with Gasteiger partial charge in [-0.15, -0.1) is 0 Å². The lowest BCUT2D eigenvalue weighted by atomic mass is 10.2. The first-order valence-electron chi connectivity index (χ1n) is 2.47. The van der Waals surface area contributed by atoms with E-state index in [4.69, 9.17) is 7.98 Å². The van der Waals surface area contributed by atoms with Gasteiger partial charge in [0.25, 0.3) is 7.98 Å². The minimum absolute atomic E-state index is 0.121. The minimum atomic E-state index is -0.232. The van der Waals surface area contributed by atoms with E-state index in [1.807, 2.05) is 0 Å². The van der Waals surface area contributed by atoms with Crippen molar-refractivity contribution in [3.05, 3.63) is 0 Å². The second-order valence-electron chi connectivity index (χ2n) is 1.89. The maximum absolute atomic E-state index is 10.7. The van der Waals surface area contributed by atoms with E-state index in [-0.39, 0.29) is 11.8 Å². The first-order chi connectivity index (χ1) is 4.09. The average Bonchev–Trinajstić information content (AvgIpc) is 1.84. The first kappa shape index (κ1) is 9.22. The number of carbonyl (C=O) groups excluding carboxylic acids is 1. The third-order valence-corrected chi connectivity index (χ3v) is 1.21. The smallest absolute Gasteiger partial charge is 0.274 e. The van der Waals surface area contributed by atoms with Crippen molar-refractivity contribution in [2.45, 2.75) is 13.8 Å². The molecule has 1 amide bonds. The molecule has 0 rings (SSSR count). The van der Waals surface area contributed by atoms with Crippen molar-refractivity contribution in [2.75, 3.05) is 0 Å². The van der Waals surface area contributed by atoms with Crippen LogP contribution in [0.4, 0.5) is 0 Å². The van der Waals surface area contributed by atoms with Gasteiger partial charge in [0.2, 0.25) is 5.91 Å². The number of halogens is 1. The summed E-state index contributed by atoms with van der Waals surface area (Å²) in [6.45, 7) is 3.50. The highest BCUT2D eigenvalue weighted by Gasteiger charge is 2.11. The van der Waals surface area contributed by atoms with Gasteiger partial charge in [0.1, 0.15) is 23.0 Å². The summed E-state index contributed by atoms with van der Waals surface area (Å²) >= 11 is 1.54. The summed E-state index contributed by atoms with van der Waals surface area (Å²) < 4.78 is 4.40. The lowest BCUT2D eigenvalue weighted by Crippen LogP contribution is -2.29. The van der Waals surface area contributed by atoms with Gasteiger partial charge in [-0.3, -0.25) is 9.77 Å². The van der Waals surface area contributed by atoms with E-state index in [1.165, 1.54) is 0 Å². The topological polar surface area (TPSA) is 29.5 Å². The molecule has 9 heavy (non-hydrogen) atoms. The zero-order chi connectivity index (χ0) is 7.44. The van der Waals surface area contributed by atoms with E-state index in [0.29, 0.717) is 4.97 Å². The maximum Gasteiger partial charge on any atom is 0.277 e. The molecule has 0 saturated heterocycles. The van der Waals surface area contributed by atoms with Crippen molar-refractivity contribution in [3.63, 3.8) is 0 Å². The Bertz CT molecular complexity index is 109. The Labute approximate surface area is 69.8 Å². The molecule has 50 valence electrons. The highest BCUT2D eigenvalue weighted by molar-refractivity contribution is 14.1. The Morgan fingerprint density at radius 2 is 2.22 bits per heavy atom. The summed E-state index contributed by atoms with van der Waals surface area (Å²) in [5.41, 5.74) is 0. The summed E-state index contributed by atoms with van der Waals surface area (Å²) in [4.78, 5) is 11.5. The monoisotopic (exact) mass is 239 g/mol. The van der Waals surface area contributed by atoms with Crippen LogP contribution < -0.4 is 0 Å². The molecule has 0 atom stereocenters. The van der Waals surface area contributed by atoms with Crippen molar-refractivity contribution in [2.24, 2.45) is 5.92 Å². The molecule has 0 aromatic heterocycles. The number of hydrogen-bond acceptors (Lipinski definition) is 2. The zero-order valence-corrected chi connectivity index (χ0v) is 7.45. The molecule has 0 aliphatic rings. The van der Waals surface area contributed by atoms with Crippen LogP contribution in [0, 0.1) is 5.92 Å². The van der Waals surface area contributed by atoms with Crippen LogP contribution in [0.15, 0.2) is 0 Å². The van der Waals surface area contributed by atoms with Crippen LogP contribution in [-0.2, 0) is 7.96 Å². The number of hydroxylamine groups is 1. The average molecular weight is 239 g/mol. The van der Waals surface area contributed by atoms with Crippen LogP contribution in [0.5, 0.6) is 0 Å². The van der Waals surface area contributed by atoms with E-state index in [1.54, 1.807) is 36.9 Å². The predicted octanol–water partition coefficient (Wildman–Crippen LogP) is 0.836. The highest BCUT2D eigenvalue weighted by Crippen LogP contribution is 2.00. The molecule has 2 radical (unpaired) electrons. The Hall–Kier alpha value is 0.225. The SMILES string of the molecule is [B]N(OI)C(=O)C(C)C. The summed E-state index contributed by atoms with van der Waals surface area (Å²) in [5.74, 6) is -0.353. The Kier molecular flexibility index (Phi) is 4.21. The van der Waals surface area contributed by atoms with Gasteiger partial charge in [0.15, 0.2) is 0 Å². The zero-order valence-electron chi connectivity index (χ0n) is 5.30. The van der Waals surface area contributed by atoms with E-state index in [9.17, 15) is 4.79 Å². The number of hydrogen-bond donors (Lipinski definition) is 0. The molecule has 0 fully saturated rings. The van der Waals surface area contributed by atoms with Gasteiger partial charge in [-0.25, -0.2) is 3.17 Å². The summed E-state index contributed by atoms with van der Waals surface area (Å²) in [6, 6.07) is 0. The third-order valence-electron chi connectivity index (χ3n) is 0.785. The fourth-order valence-electron chi connectivity index (χ4n) is 0.288. The van der Waals surface area contributed by atoms with Crippen molar-refractivity contribution >= 4 is 36.9 Å². The van der Waals surface area contributed by atoms with Gasteiger partial charge in [0.05, 0.1) is 0 Å². The van der Waals surface area contributed by atoms with E-state index < -0.39 is 0 Å². The lowest BCUT2D eigenvalue weighted by Gasteiger charge is -2.14. The summed E-state index contributed by atoms with van der Waals surface area (Å²) in [5, 5.41) is 0. The van der Waals surface area contributed by atoms with Crippen LogP contribution in [0.3, 0.4) is 0 Å². The molecule has 0 bridgehead atoms. The molecule has 0 saturated carbocycles. The molecule has 0 aromatic rings. The molecule has 0 N–H and O–H groups in total. The number of amides is 1. The fourth-order valence-corrected chi connectivity index (χ4v) is 0.483. The second-order valence-corrected chi connectivity index (χ2v) is 2.28. The highest BCUT2D eigenvalue weighted by atomic mass is 127. The van der Waals surface area contributed by atoms with Gasteiger partial charge in [-0.2, -0.15) is 0 Å². The number of rotatable bonds is 2. The van der Waals surface area contributed by atoms with Crippen LogP contribution >= 0.6 is 23.0 Å². The van der Waals surface area contributed by atoms with Gasteiger partial charge >= 0.3 is 0 Å². The Morgan fingerprint density at radius 3 is 2.33 bits per heavy atom. The molecule has 0 unspecified atom stereocenters. The van der Waals surface area contributed by atoms with Gasteiger partial charge in [-0.05, 0) is 0 Å². The van der Waals surface area contributed by atoms with Crippen molar-refractivity contribution in [1.29, 1.82) is 0 Å². The Morgan fingerprint density at radius 1 is 1.78 bits per heavy atom. The molecular weight excluding hydrogens is 232 g/mol. The summed E-state index contributed by atoms with van der Waals surface area (Å²) in [7, 11) is 5.07. The first-order valence-corrected chi connectivity index (χ1v) is 3.35. The van der Waals surface area contributed by atoms with Crippen molar-refractivity contribution < 1.29 is 7.96 Å². The van der Waals surface area contributed by atoms with Crippen molar-refractivity contribution in [3.8, 4) is 0 Å². The van der Waals surface area contributed by atoms with Gasteiger partial charge < -0.3 is 0 Å². The molecule has 0 aliphatic carbocycles. The molecular formula is C4H7BINO2.